The van der Waals surface area contributed by atoms with Gasteiger partial charge in [0.25, 0.3) is 0 Å². The Morgan fingerprint density at radius 3 is 2.25 bits per heavy atom. The molecule has 1 fully saturated rings. The maximum Gasteiger partial charge on any atom is 0.417 e. The van der Waals surface area contributed by atoms with Gasteiger partial charge in [0, 0.05) is 47.1 Å². The van der Waals surface area contributed by atoms with E-state index in [4.69, 9.17) is 4.74 Å². The molecule has 2 heterocycles. The standard InChI is InChI=1S/C14H20F3N5O2/c1-21(2)11-18-8-10(9-19-11)20-12(23)22-6-4-13(24-3,5-7-22)14(15,16)17/h8-9H,4-7H2,1-3H3,(H,20,23). The Bertz CT molecular complexity index is 569. The van der Waals surface area contributed by atoms with Gasteiger partial charge in [-0.2, -0.15) is 13.2 Å². The van der Waals surface area contributed by atoms with Crippen molar-refractivity contribution in [2.24, 2.45) is 0 Å². The molecule has 0 atom stereocenters. The SMILES string of the molecule is COC1(C(F)(F)F)CCN(C(=O)Nc2cnc(N(C)C)nc2)CC1. The van der Waals surface area contributed by atoms with E-state index in [0.29, 0.717) is 11.6 Å². The second kappa shape index (κ2) is 6.80. The van der Waals surface area contributed by atoms with Crippen LogP contribution in [0.15, 0.2) is 12.4 Å². The summed E-state index contributed by atoms with van der Waals surface area (Å²) >= 11 is 0. The lowest BCUT2D eigenvalue weighted by Gasteiger charge is -2.41. The van der Waals surface area contributed by atoms with Gasteiger partial charge in [-0.1, -0.05) is 0 Å². The summed E-state index contributed by atoms with van der Waals surface area (Å²) in [6.07, 6.45) is -2.16. The molecule has 7 nitrogen and oxygen atoms in total. The molecule has 24 heavy (non-hydrogen) atoms. The number of piperidine rings is 1. The number of rotatable bonds is 3. The maximum absolute atomic E-state index is 13.1. The Balaban J connectivity index is 1.95. The zero-order valence-electron chi connectivity index (χ0n) is 13.7. The molecule has 10 heteroatoms. The Morgan fingerprint density at radius 1 is 1.29 bits per heavy atom. The molecule has 0 unspecified atom stereocenters. The number of carbonyl (C=O) groups is 1. The van der Waals surface area contributed by atoms with E-state index in [2.05, 4.69) is 15.3 Å². The zero-order valence-corrected chi connectivity index (χ0v) is 13.7. The average molecular weight is 347 g/mol. The van der Waals surface area contributed by atoms with Gasteiger partial charge in [-0.25, -0.2) is 14.8 Å². The average Bonchev–Trinajstić information content (AvgIpc) is 2.54. The monoisotopic (exact) mass is 347 g/mol. The molecule has 0 radical (unpaired) electrons. The highest BCUT2D eigenvalue weighted by atomic mass is 19.4. The van der Waals surface area contributed by atoms with Crippen LogP contribution >= 0.6 is 0 Å². The number of halogens is 3. The molecule has 0 saturated carbocycles. The highest BCUT2D eigenvalue weighted by molar-refractivity contribution is 5.89. The number of carbonyl (C=O) groups excluding carboxylic acids is 1. The third-order valence-electron chi connectivity index (χ3n) is 4.06. The number of urea groups is 1. The van der Waals surface area contributed by atoms with Crippen molar-refractivity contribution in [3.8, 4) is 0 Å². The summed E-state index contributed by atoms with van der Waals surface area (Å²) in [6.45, 7) is -0.0916. The van der Waals surface area contributed by atoms with Crippen LogP contribution < -0.4 is 10.2 Å². The summed E-state index contributed by atoms with van der Waals surface area (Å²) in [5.74, 6) is 0.487. The van der Waals surface area contributed by atoms with Crippen molar-refractivity contribution in [2.75, 3.05) is 44.5 Å². The van der Waals surface area contributed by atoms with Crippen LogP contribution in [0.5, 0.6) is 0 Å². The summed E-state index contributed by atoms with van der Waals surface area (Å²) < 4.78 is 44.0. The summed E-state index contributed by atoms with van der Waals surface area (Å²) in [5.41, 5.74) is -1.80. The van der Waals surface area contributed by atoms with Gasteiger partial charge in [0.2, 0.25) is 5.95 Å². The molecule has 2 amide bonds. The predicted octanol–water partition coefficient (Wildman–Crippen LogP) is 2.12. The first-order valence-electron chi connectivity index (χ1n) is 7.36. The van der Waals surface area contributed by atoms with Gasteiger partial charge in [0.05, 0.1) is 18.1 Å². The molecule has 1 saturated heterocycles. The Kier molecular flexibility index (Phi) is 5.16. The number of hydrogen-bond acceptors (Lipinski definition) is 5. The molecule has 1 aliphatic heterocycles. The number of hydrogen-bond donors (Lipinski definition) is 1. The van der Waals surface area contributed by atoms with Crippen LogP contribution in [0.25, 0.3) is 0 Å². The van der Waals surface area contributed by atoms with Crippen LogP contribution in [0, 0.1) is 0 Å². The number of amides is 2. The molecule has 134 valence electrons. The van der Waals surface area contributed by atoms with E-state index >= 15 is 0 Å². The third-order valence-corrected chi connectivity index (χ3v) is 4.06. The van der Waals surface area contributed by atoms with Gasteiger partial charge in [0.1, 0.15) is 0 Å². The van der Waals surface area contributed by atoms with Crippen LogP contribution in [0.3, 0.4) is 0 Å². The molecular weight excluding hydrogens is 327 g/mol. The van der Waals surface area contributed by atoms with E-state index in [1.807, 2.05) is 0 Å². The van der Waals surface area contributed by atoms with Gasteiger partial charge < -0.3 is 19.9 Å². The molecule has 1 N–H and O–H groups in total. The minimum Gasteiger partial charge on any atom is -0.369 e. The smallest absolute Gasteiger partial charge is 0.369 e. The first kappa shape index (κ1) is 18.2. The fourth-order valence-electron chi connectivity index (χ4n) is 2.49. The molecule has 1 aromatic heterocycles. The largest absolute Gasteiger partial charge is 0.417 e. The van der Waals surface area contributed by atoms with Gasteiger partial charge >= 0.3 is 12.2 Å². The van der Waals surface area contributed by atoms with Crippen LogP contribution in [0.1, 0.15) is 12.8 Å². The maximum atomic E-state index is 13.1. The zero-order chi connectivity index (χ0) is 18.0. The minimum absolute atomic E-state index is 0.0458. The fourth-order valence-corrected chi connectivity index (χ4v) is 2.49. The van der Waals surface area contributed by atoms with E-state index < -0.39 is 17.8 Å². The highest BCUT2D eigenvalue weighted by Gasteiger charge is 2.56. The molecule has 2 rings (SSSR count). The van der Waals surface area contributed by atoms with Crippen molar-refractivity contribution in [1.29, 1.82) is 0 Å². The van der Waals surface area contributed by atoms with Crippen LogP contribution in [-0.4, -0.2) is 67.0 Å². The van der Waals surface area contributed by atoms with Crippen LogP contribution in [0.2, 0.25) is 0 Å². The van der Waals surface area contributed by atoms with E-state index in [1.165, 1.54) is 17.3 Å². The molecular formula is C14H20F3N5O2. The number of nitrogens with zero attached hydrogens (tertiary/aromatic N) is 4. The van der Waals surface area contributed by atoms with Gasteiger partial charge in [0.15, 0.2) is 5.60 Å². The summed E-state index contributed by atoms with van der Waals surface area (Å²) in [6, 6.07) is -0.483. The van der Waals surface area contributed by atoms with Gasteiger partial charge in [-0.05, 0) is 0 Å². The van der Waals surface area contributed by atoms with Crippen molar-refractivity contribution >= 4 is 17.7 Å². The van der Waals surface area contributed by atoms with Crippen molar-refractivity contribution in [3.63, 3.8) is 0 Å². The van der Waals surface area contributed by atoms with E-state index in [0.717, 1.165) is 7.11 Å². The number of alkyl halides is 3. The number of aromatic nitrogens is 2. The van der Waals surface area contributed by atoms with Gasteiger partial charge in [-0.3, -0.25) is 0 Å². The number of likely N-dealkylation sites (tertiary alicyclic amines) is 1. The first-order chi connectivity index (χ1) is 11.2. The molecule has 0 aliphatic carbocycles. The normalized spacial score (nSPS) is 17.5. The predicted molar refractivity (Wildman–Crippen MR) is 82.0 cm³/mol. The number of ether oxygens (including phenoxy) is 1. The molecule has 0 bridgehead atoms. The quantitative estimate of drug-likeness (QED) is 0.907. The lowest BCUT2D eigenvalue weighted by Crippen LogP contribution is -2.56. The second-order valence-corrected chi connectivity index (χ2v) is 5.78. The lowest BCUT2D eigenvalue weighted by atomic mass is 9.90. The van der Waals surface area contributed by atoms with Crippen LogP contribution in [0.4, 0.5) is 29.6 Å². The molecule has 1 aromatic rings. The third kappa shape index (κ3) is 3.69. The Morgan fingerprint density at radius 2 is 1.83 bits per heavy atom. The van der Waals surface area contributed by atoms with Gasteiger partial charge in [-0.15, -0.1) is 0 Å². The number of methoxy groups -OCH3 is 1. The summed E-state index contributed by atoms with van der Waals surface area (Å²) in [4.78, 5) is 23.3. The summed E-state index contributed by atoms with van der Waals surface area (Å²) in [7, 11) is 4.61. The number of anilines is 2. The van der Waals surface area contributed by atoms with Crippen molar-refractivity contribution < 1.29 is 22.7 Å². The molecule has 0 aromatic carbocycles. The van der Waals surface area contributed by atoms with Crippen molar-refractivity contribution in [2.45, 2.75) is 24.6 Å². The first-order valence-corrected chi connectivity index (χ1v) is 7.36. The molecule has 1 aliphatic rings. The van der Waals surface area contributed by atoms with Crippen molar-refractivity contribution in [1.82, 2.24) is 14.9 Å². The molecule has 0 spiro atoms. The topological polar surface area (TPSA) is 70.6 Å². The number of nitrogens with one attached hydrogen (secondary N) is 1. The van der Waals surface area contributed by atoms with Crippen molar-refractivity contribution in [3.05, 3.63) is 12.4 Å². The Labute approximate surface area is 137 Å². The highest BCUT2D eigenvalue weighted by Crippen LogP contribution is 2.41. The fraction of sp³-hybridized carbons (Fsp3) is 0.643. The van der Waals surface area contributed by atoms with E-state index in [1.54, 1.807) is 19.0 Å². The lowest BCUT2D eigenvalue weighted by molar-refractivity contribution is -0.280. The van der Waals surface area contributed by atoms with E-state index in [9.17, 15) is 18.0 Å². The Hall–Kier alpha value is -2.10. The van der Waals surface area contributed by atoms with Crippen LogP contribution in [-0.2, 0) is 4.74 Å². The van der Waals surface area contributed by atoms with E-state index in [-0.39, 0.29) is 25.9 Å². The minimum atomic E-state index is -4.46. The second-order valence-electron chi connectivity index (χ2n) is 5.78. The summed E-state index contributed by atoms with van der Waals surface area (Å²) in [5, 5.41) is 2.58.